The Morgan fingerprint density at radius 3 is 2.04 bits per heavy atom. The van der Waals surface area contributed by atoms with Crippen LogP contribution in [-0.4, -0.2) is 42.4 Å². The fraction of sp³-hybridized carbons (Fsp3) is 0.889. The van der Waals surface area contributed by atoms with Crippen molar-refractivity contribution in [2.45, 2.75) is 58.0 Å². The summed E-state index contributed by atoms with van der Waals surface area (Å²) in [5, 5.41) is 2.71. The number of carbonyl (C=O) groups excluding carboxylic acids is 2. The molecule has 2 amide bonds. The van der Waals surface area contributed by atoms with Gasteiger partial charge in [0.25, 0.3) is 0 Å². The molecule has 1 atom stereocenters. The van der Waals surface area contributed by atoms with E-state index in [0.29, 0.717) is 17.9 Å². The fourth-order valence-corrected chi connectivity index (χ4v) is 5.40. The highest BCUT2D eigenvalue weighted by molar-refractivity contribution is 5.87. The summed E-state index contributed by atoms with van der Waals surface area (Å²) in [6.45, 7) is 3.89. The quantitative estimate of drug-likeness (QED) is 0.787. The summed E-state index contributed by atoms with van der Waals surface area (Å²) in [6.07, 6.45) is 6.58. The molecule has 0 heterocycles. The molecule has 0 aromatic rings. The summed E-state index contributed by atoms with van der Waals surface area (Å²) in [6, 6.07) is -0.166. The molecule has 6 heteroatoms. The van der Waals surface area contributed by atoms with Gasteiger partial charge in [0.2, 0.25) is 11.8 Å². The third kappa shape index (κ3) is 3.72. The van der Waals surface area contributed by atoms with Crippen molar-refractivity contribution in [1.29, 1.82) is 0 Å². The summed E-state index contributed by atoms with van der Waals surface area (Å²) >= 11 is 0. The Morgan fingerprint density at radius 1 is 1.08 bits per heavy atom. The first kappa shape index (κ1) is 19.5. The number of likely N-dealkylation sites (N-methyl/N-ethyl adjacent to an activating group) is 1. The average Bonchev–Trinajstić information content (AvgIpc) is 2.50. The van der Waals surface area contributed by atoms with Gasteiger partial charge < -0.3 is 16.0 Å². The molecule has 0 saturated heterocycles. The van der Waals surface area contributed by atoms with Crippen LogP contribution in [0.5, 0.6) is 0 Å². The zero-order valence-corrected chi connectivity index (χ0v) is 15.8. The highest BCUT2D eigenvalue weighted by Gasteiger charge is 2.50. The van der Waals surface area contributed by atoms with Crippen LogP contribution in [0.1, 0.15) is 46.0 Å². The van der Waals surface area contributed by atoms with Gasteiger partial charge in [-0.1, -0.05) is 13.8 Å². The third-order valence-corrected chi connectivity index (χ3v) is 6.45. The molecule has 4 bridgehead atoms. The molecule has 4 rings (SSSR count). The Morgan fingerprint density at radius 2 is 1.58 bits per heavy atom. The number of carbonyl (C=O) groups is 2. The van der Waals surface area contributed by atoms with E-state index in [2.05, 4.69) is 5.32 Å². The Labute approximate surface area is 151 Å². The van der Waals surface area contributed by atoms with Crippen LogP contribution in [0.3, 0.4) is 0 Å². The molecule has 5 nitrogen and oxygen atoms in total. The minimum absolute atomic E-state index is 0. The van der Waals surface area contributed by atoms with E-state index in [1.165, 1.54) is 32.1 Å². The average molecular weight is 358 g/mol. The number of nitrogens with two attached hydrogens (primary N) is 1. The standard InChI is InChI=1S/C18H31N3O2.ClH/c1-10(2)16(19)18(23)20-9-15(22)21(3)17-13-5-11-4-12(7-13)8-14(17)6-11;/h10-14,16-17H,4-9,19H2,1-3H3,(H,20,23);1H/t11?,12?,13?,14?,16-,17?;/m0./s1. The van der Waals surface area contributed by atoms with Crippen LogP contribution in [0.4, 0.5) is 0 Å². The van der Waals surface area contributed by atoms with Crippen LogP contribution in [-0.2, 0) is 9.59 Å². The second-order valence-electron chi connectivity index (χ2n) is 8.41. The van der Waals surface area contributed by atoms with Crippen LogP contribution in [0.15, 0.2) is 0 Å². The van der Waals surface area contributed by atoms with Gasteiger partial charge in [-0.05, 0) is 61.7 Å². The van der Waals surface area contributed by atoms with Gasteiger partial charge in [0.05, 0.1) is 12.6 Å². The molecule has 3 N–H and O–H groups in total. The topological polar surface area (TPSA) is 75.4 Å². The van der Waals surface area contributed by atoms with Gasteiger partial charge in [0.1, 0.15) is 0 Å². The summed E-state index contributed by atoms with van der Waals surface area (Å²) in [7, 11) is 1.92. The van der Waals surface area contributed by atoms with Crippen molar-refractivity contribution in [2.75, 3.05) is 13.6 Å². The smallest absolute Gasteiger partial charge is 0.241 e. The predicted octanol–water partition coefficient (Wildman–Crippen LogP) is 1.79. The lowest BCUT2D eigenvalue weighted by Gasteiger charge is -2.56. The van der Waals surface area contributed by atoms with Crippen molar-refractivity contribution in [2.24, 2.45) is 35.3 Å². The molecule has 4 saturated carbocycles. The van der Waals surface area contributed by atoms with Crippen LogP contribution >= 0.6 is 12.4 Å². The van der Waals surface area contributed by atoms with E-state index in [-0.39, 0.29) is 36.7 Å². The lowest BCUT2D eigenvalue weighted by molar-refractivity contribution is -0.141. The first-order valence-electron chi connectivity index (χ1n) is 9.15. The number of amides is 2. The van der Waals surface area contributed by atoms with Crippen LogP contribution in [0.2, 0.25) is 0 Å². The summed E-state index contributed by atoms with van der Waals surface area (Å²) in [5.74, 6) is 3.02. The molecule has 0 aliphatic heterocycles. The van der Waals surface area contributed by atoms with Crippen LogP contribution in [0, 0.1) is 29.6 Å². The van der Waals surface area contributed by atoms with Crippen molar-refractivity contribution in [3.05, 3.63) is 0 Å². The van der Waals surface area contributed by atoms with Gasteiger partial charge in [-0.25, -0.2) is 0 Å². The zero-order valence-electron chi connectivity index (χ0n) is 15.0. The molecular formula is C18H32ClN3O2. The summed E-state index contributed by atoms with van der Waals surface area (Å²) in [5.41, 5.74) is 5.82. The Hall–Kier alpha value is -0.810. The lowest BCUT2D eigenvalue weighted by Crippen LogP contribution is -2.58. The highest BCUT2D eigenvalue weighted by Crippen LogP contribution is 2.54. The Kier molecular flexibility index (Phi) is 6.19. The largest absolute Gasteiger partial charge is 0.346 e. The van der Waals surface area contributed by atoms with Gasteiger partial charge in [-0.15, -0.1) is 12.4 Å². The minimum Gasteiger partial charge on any atom is -0.346 e. The second kappa shape index (κ2) is 7.61. The van der Waals surface area contributed by atoms with Crippen molar-refractivity contribution < 1.29 is 9.59 Å². The molecule has 0 spiro atoms. The fourth-order valence-electron chi connectivity index (χ4n) is 5.40. The predicted molar refractivity (Wildman–Crippen MR) is 96.7 cm³/mol. The molecular weight excluding hydrogens is 326 g/mol. The molecule has 0 radical (unpaired) electrons. The Bertz CT molecular complexity index is 455. The normalized spacial score (nSPS) is 34.6. The summed E-state index contributed by atoms with van der Waals surface area (Å²) in [4.78, 5) is 26.4. The van der Waals surface area contributed by atoms with Gasteiger partial charge >= 0.3 is 0 Å². The molecule has 0 aromatic carbocycles. The van der Waals surface area contributed by atoms with Gasteiger partial charge in [-0.3, -0.25) is 9.59 Å². The maximum absolute atomic E-state index is 12.5. The van der Waals surface area contributed by atoms with E-state index < -0.39 is 6.04 Å². The van der Waals surface area contributed by atoms with E-state index in [0.717, 1.165) is 11.8 Å². The lowest BCUT2D eigenvalue weighted by atomic mass is 9.54. The van der Waals surface area contributed by atoms with Crippen molar-refractivity contribution in [3.8, 4) is 0 Å². The number of hydrogen-bond donors (Lipinski definition) is 2. The maximum Gasteiger partial charge on any atom is 0.241 e. The van der Waals surface area contributed by atoms with Crippen molar-refractivity contribution in [1.82, 2.24) is 10.2 Å². The number of nitrogens with zero attached hydrogens (tertiary/aromatic N) is 1. The molecule has 4 aliphatic carbocycles. The van der Waals surface area contributed by atoms with E-state index >= 15 is 0 Å². The molecule has 24 heavy (non-hydrogen) atoms. The number of hydrogen-bond acceptors (Lipinski definition) is 3. The van der Waals surface area contributed by atoms with Crippen LogP contribution < -0.4 is 11.1 Å². The second-order valence-corrected chi connectivity index (χ2v) is 8.41. The Balaban J connectivity index is 0.00000208. The first-order chi connectivity index (χ1) is 10.9. The molecule has 138 valence electrons. The molecule has 4 aliphatic rings. The van der Waals surface area contributed by atoms with E-state index in [1.54, 1.807) is 0 Å². The maximum atomic E-state index is 12.5. The first-order valence-corrected chi connectivity index (χ1v) is 9.15. The van der Waals surface area contributed by atoms with E-state index in [4.69, 9.17) is 5.73 Å². The van der Waals surface area contributed by atoms with Crippen molar-refractivity contribution in [3.63, 3.8) is 0 Å². The van der Waals surface area contributed by atoms with Gasteiger partial charge in [-0.2, -0.15) is 0 Å². The minimum atomic E-state index is -0.547. The molecule has 0 unspecified atom stereocenters. The van der Waals surface area contributed by atoms with E-state index in [1.807, 2.05) is 25.8 Å². The number of nitrogens with one attached hydrogen (secondary N) is 1. The summed E-state index contributed by atoms with van der Waals surface area (Å²) < 4.78 is 0. The van der Waals surface area contributed by atoms with Crippen LogP contribution in [0.25, 0.3) is 0 Å². The van der Waals surface area contributed by atoms with Crippen molar-refractivity contribution >= 4 is 24.2 Å². The van der Waals surface area contributed by atoms with E-state index in [9.17, 15) is 9.59 Å². The third-order valence-electron chi connectivity index (χ3n) is 6.45. The number of halogens is 1. The van der Waals surface area contributed by atoms with Gasteiger partial charge in [0.15, 0.2) is 0 Å². The highest BCUT2D eigenvalue weighted by atomic mass is 35.5. The monoisotopic (exact) mass is 357 g/mol. The molecule has 4 fully saturated rings. The SMILES string of the molecule is CC(C)[C@H](N)C(=O)NCC(=O)N(C)C1C2CC3CC(C2)CC1C3.Cl. The number of rotatable bonds is 5. The zero-order chi connectivity index (χ0) is 16.7. The van der Waals surface area contributed by atoms with Gasteiger partial charge in [0, 0.05) is 13.1 Å². The molecule has 0 aromatic heterocycles.